The summed E-state index contributed by atoms with van der Waals surface area (Å²) >= 11 is 0. The van der Waals surface area contributed by atoms with Gasteiger partial charge < -0.3 is 5.11 Å². The molecule has 0 bridgehead atoms. The van der Waals surface area contributed by atoms with Crippen LogP contribution in [0.1, 0.15) is 22.8 Å². The first-order valence-corrected chi connectivity index (χ1v) is 6.20. The molecule has 3 nitrogen and oxygen atoms in total. The van der Waals surface area contributed by atoms with Crippen LogP contribution in [-0.2, 0) is 0 Å². The van der Waals surface area contributed by atoms with Gasteiger partial charge in [0, 0.05) is 18.0 Å². The van der Waals surface area contributed by atoms with Crippen LogP contribution in [-0.4, -0.2) is 15.1 Å². The summed E-state index contributed by atoms with van der Waals surface area (Å²) in [6.45, 7) is 2.00. The molecule has 2 aromatic carbocycles. The second-order valence-corrected chi connectivity index (χ2v) is 4.53. The molecule has 1 atom stereocenters. The molecule has 0 radical (unpaired) electrons. The summed E-state index contributed by atoms with van der Waals surface area (Å²) in [6.07, 6.45) is 2.63. The van der Waals surface area contributed by atoms with Crippen molar-refractivity contribution in [2.45, 2.75) is 13.0 Å². The van der Waals surface area contributed by atoms with E-state index in [2.05, 4.69) is 9.97 Å². The molecule has 0 aliphatic rings. The maximum absolute atomic E-state index is 10.6. The molecule has 0 saturated carbocycles. The maximum Gasteiger partial charge on any atom is 0.106 e. The highest BCUT2D eigenvalue weighted by atomic mass is 16.3. The predicted octanol–water partition coefficient (Wildman–Crippen LogP) is 3.02. The van der Waals surface area contributed by atoms with Gasteiger partial charge in [-0.15, -0.1) is 0 Å². The lowest BCUT2D eigenvalue weighted by Gasteiger charge is -2.15. The number of para-hydroxylation sites is 1. The fourth-order valence-electron chi connectivity index (χ4n) is 2.30. The molecule has 1 unspecified atom stereocenters. The van der Waals surface area contributed by atoms with Crippen LogP contribution in [0.15, 0.2) is 54.9 Å². The van der Waals surface area contributed by atoms with Gasteiger partial charge in [-0.3, -0.25) is 9.97 Å². The summed E-state index contributed by atoms with van der Waals surface area (Å²) in [5.41, 5.74) is 4.31. The molecule has 0 aliphatic carbocycles. The Hall–Kier alpha value is -2.26. The van der Waals surface area contributed by atoms with Gasteiger partial charge in [0.15, 0.2) is 0 Å². The van der Waals surface area contributed by atoms with E-state index >= 15 is 0 Å². The second-order valence-electron chi connectivity index (χ2n) is 4.53. The molecular formula is C16H14N2O. The van der Waals surface area contributed by atoms with E-state index < -0.39 is 6.10 Å². The number of hydrogen-bond donors (Lipinski definition) is 1. The summed E-state index contributed by atoms with van der Waals surface area (Å²) in [4.78, 5) is 8.60. The molecular weight excluding hydrogens is 236 g/mol. The number of aromatic nitrogens is 2. The lowest BCUT2D eigenvalue weighted by atomic mass is 9.96. The summed E-state index contributed by atoms with van der Waals surface area (Å²) in [7, 11) is 0. The van der Waals surface area contributed by atoms with Crippen molar-refractivity contribution >= 4 is 11.0 Å². The Morgan fingerprint density at radius 1 is 0.895 bits per heavy atom. The lowest BCUT2D eigenvalue weighted by molar-refractivity contribution is 0.221. The Morgan fingerprint density at radius 3 is 2.47 bits per heavy atom. The number of aryl methyl sites for hydroxylation is 1. The number of nitrogens with zero attached hydrogens (tertiary/aromatic N) is 2. The van der Waals surface area contributed by atoms with Crippen molar-refractivity contribution in [2.75, 3.05) is 0 Å². The quantitative estimate of drug-likeness (QED) is 0.760. The Morgan fingerprint density at radius 2 is 1.63 bits per heavy atom. The minimum atomic E-state index is -0.679. The standard InChI is InChI=1S/C16H14N2O/c1-11-5-2-3-6-12(11)16(19)13-7-4-8-14-15(13)18-10-9-17-14/h2-10,16,19H,1H3. The average molecular weight is 250 g/mol. The molecule has 0 aliphatic heterocycles. The van der Waals surface area contributed by atoms with Crippen molar-refractivity contribution in [3.63, 3.8) is 0 Å². The largest absolute Gasteiger partial charge is 0.384 e. The van der Waals surface area contributed by atoms with Crippen LogP contribution in [0, 0.1) is 6.92 Å². The fourth-order valence-corrected chi connectivity index (χ4v) is 2.30. The summed E-state index contributed by atoms with van der Waals surface area (Å²) < 4.78 is 0. The van der Waals surface area contributed by atoms with Gasteiger partial charge in [-0.05, 0) is 24.1 Å². The SMILES string of the molecule is Cc1ccccc1C(O)c1cccc2nccnc12. The molecule has 0 saturated heterocycles. The van der Waals surface area contributed by atoms with Gasteiger partial charge in [-0.25, -0.2) is 0 Å². The molecule has 19 heavy (non-hydrogen) atoms. The fraction of sp³-hybridized carbons (Fsp3) is 0.125. The van der Waals surface area contributed by atoms with Crippen molar-refractivity contribution in [3.05, 3.63) is 71.5 Å². The van der Waals surface area contributed by atoms with Crippen molar-refractivity contribution in [1.82, 2.24) is 9.97 Å². The summed E-state index contributed by atoms with van der Waals surface area (Å²) in [6, 6.07) is 13.5. The molecule has 1 N–H and O–H groups in total. The first-order chi connectivity index (χ1) is 9.27. The Balaban J connectivity index is 2.17. The van der Waals surface area contributed by atoms with Crippen LogP contribution >= 0.6 is 0 Å². The lowest BCUT2D eigenvalue weighted by Crippen LogP contribution is -2.03. The van der Waals surface area contributed by atoms with Crippen LogP contribution in [0.3, 0.4) is 0 Å². The average Bonchev–Trinajstić information content (AvgIpc) is 2.46. The number of hydrogen-bond acceptors (Lipinski definition) is 3. The maximum atomic E-state index is 10.6. The number of aliphatic hydroxyl groups excluding tert-OH is 1. The van der Waals surface area contributed by atoms with Gasteiger partial charge in [0.1, 0.15) is 6.10 Å². The minimum Gasteiger partial charge on any atom is -0.384 e. The Labute approximate surface area is 111 Å². The molecule has 0 amide bonds. The molecule has 1 aromatic heterocycles. The minimum absolute atomic E-state index is 0.679. The zero-order chi connectivity index (χ0) is 13.2. The van der Waals surface area contributed by atoms with Gasteiger partial charge in [-0.2, -0.15) is 0 Å². The number of benzene rings is 2. The highest BCUT2D eigenvalue weighted by Gasteiger charge is 2.15. The zero-order valence-electron chi connectivity index (χ0n) is 10.6. The topological polar surface area (TPSA) is 46.0 Å². The van der Waals surface area contributed by atoms with E-state index in [-0.39, 0.29) is 0 Å². The van der Waals surface area contributed by atoms with E-state index in [4.69, 9.17) is 0 Å². The number of aliphatic hydroxyl groups is 1. The van der Waals surface area contributed by atoms with Crippen molar-refractivity contribution in [2.24, 2.45) is 0 Å². The number of fused-ring (bicyclic) bond motifs is 1. The molecule has 3 heteroatoms. The zero-order valence-corrected chi connectivity index (χ0v) is 10.6. The second kappa shape index (κ2) is 4.78. The third kappa shape index (κ3) is 2.09. The van der Waals surface area contributed by atoms with Gasteiger partial charge in [0.05, 0.1) is 11.0 Å². The van der Waals surface area contributed by atoms with Crippen LogP contribution in [0.4, 0.5) is 0 Å². The Kier molecular flexibility index (Phi) is 2.97. The molecule has 1 heterocycles. The predicted molar refractivity (Wildman–Crippen MR) is 74.8 cm³/mol. The first kappa shape index (κ1) is 11.8. The van der Waals surface area contributed by atoms with Crippen molar-refractivity contribution < 1.29 is 5.11 Å². The molecule has 0 fully saturated rings. The van der Waals surface area contributed by atoms with E-state index in [0.717, 1.165) is 27.7 Å². The third-order valence-corrected chi connectivity index (χ3v) is 3.31. The van der Waals surface area contributed by atoms with Crippen LogP contribution < -0.4 is 0 Å². The smallest absolute Gasteiger partial charge is 0.106 e. The van der Waals surface area contributed by atoms with Gasteiger partial charge in [0.2, 0.25) is 0 Å². The number of rotatable bonds is 2. The molecule has 3 aromatic rings. The molecule has 0 spiro atoms. The molecule has 3 rings (SSSR count). The first-order valence-electron chi connectivity index (χ1n) is 6.20. The normalized spacial score (nSPS) is 12.5. The van der Waals surface area contributed by atoms with Crippen molar-refractivity contribution in [3.8, 4) is 0 Å². The van der Waals surface area contributed by atoms with Crippen molar-refractivity contribution in [1.29, 1.82) is 0 Å². The van der Waals surface area contributed by atoms with E-state index in [1.807, 2.05) is 49.4 Å². The van der Waals surface area contributed by atoms with Crippen LogP contribution in [0.25, 0.3) is 11.0 Å². The Bertz CT molecular complexity index is 719. The highest BCUT2D eigenvalue weighted by molar-refractivity contribution is 5.78. The summed E-state index contributed by atoms with van der Waals surface area (Å²) in [5.74, 6) is 0. The van der Waals surface area contributed by atoms with Crippen LogP contribution in [0.2, 0.25) is 0 Å². The van der Waals surface area contributed by atoms with Gasteiger partial charge in [0.25, 0.3) is 0 Å². The highest BCUT2D eigenvalue weighted by Crippen LogP contribution is 2.28. The van der Waals surface area contributed by atoms with Gasteiger partial charge >= 0.3 is 0 Å². The monoisotopic (exact) mass is 250 g/mol. The van der Waals surface area contributed by atoms with Crippen LogP contribution in [0.5, 0.6) is 0 Å². The van der Waals surface area contributed by atoms with E-state index in [0.29, 0.717) is 0 Å². The third-order valence-electron chi connectivity index (χ3n) is 3.31. The van der Waals surface area contributed by atoms with Gasteiger partial charge in [-0.1, -0.05) is 36.4 Å². The summed E-state index contributed by atoms with van der Waals surface area (Å²) in [5, 5.41) is 10.6. The molecule has 94 valence electrons. The van der Waals surface area contributed by atoms with E-state index in [1.54, 1.807) is 12.4 Å². The van der Waals surface area contributed by atoms with E-state index in [1.165, 1.54) is 0 Å². The van der Waals surface area contributed by atoms with E-state index in [9.17, 15) is 5.11 Å².